The number of carbonyl (C=O) groups excluding carboxylic acids is 1. The van der Waals surface area contributed by atoms with Crippen LogP contribution in [0.3, 0.4) is 0 Å². The molecule has 1 fully saturated rings. The molecule has 0 aromatic carbocycles. The lowest BCUT2D eigenvalue weighted by atomic mass is 9.84. The molecule has 0 aromatic rings. The molecule has 2 N–H and O–H groups in total. The highest BCUT2D eigenvalue weighted by Gasteiger charge is 2.18. The lowest BCUT2D eigenvalue weighted by molar-refractivity contribution is -0.118. The molecule has 0 heterocycles. The SMILES string of the molecule is CCC1CCC(NCCNC(C)=O)CC1. The van der Waals surface area contributed by atoms with E-state index in [4.69, 9.17) is 0 Å². The van der Waals surface area contributed by atoms with Crippen molar-refractivity contribution < 1.29 is 4.79 Å². The van der Waals surface area contributed by atoms with Gasteiger partial charge in [-0.25, -0.2) is 0 Å². The molecule has 0 bridgehead atoms. The second kappa shape index (κ2) is 6.83. The maximum atomic E-state index is 10.6. The van der Waals surface area contributed by atoms with Gasteiger partial charge < -0.3 is 10.6 Å². The highest BCUT2D eigenvalue weighted by atomic mass is 16.1. The molecule has 1 amide bonds. The monoisotopic (exact) mass is 212 g/mol. The van der Waals surface area contributed by atoms with Gasteiger partial charge in [0.05, 0.1) is 0 Å². The smallest absolute Gasteiger partial charge is 0.216 e. The van der Waals surface area contributed by atoms with Gasteiger partial charge in [-0.15, -0.1) is 0 Å². The quantitative estimate of drug-likeness (QED) is 0.681. The Morgan fingerprint density at radius 2 is 1.87 bits per heavy atom. The molecule has 3 nitrogen and oxygen atoms in total. The molecule has 1 rings (SSSR count). The Labute approximate surface area is 93.0 Å². The van der Waals surface area contributed by atoms with Gasteiger partial charge in [0.1, 0.15) is 0 Å². The summed E-state index contributed by atoms with van der Waals surface area (Å²) >= 11 is 0. The molecule has 0 spiro atoms. The second-order valence-electron chi connectivity index (χ2n) is 4.56. The first-order valence-corrected chi connectivity index (χ1v) is 6.20. The lowest BCUT2D eigenvalue weighted by Crippen LogP contribution is -2.38. The van der Waals surface area contributed by atoms with Gasteiger partial charge in [0, 0.05) is 26.1 Å². The normalized spacial score (nSPS) is 26.3. The largest absolute Gasteiger partial charge is 0.355 e. The molecule has 0 unspecified atom stereocenters. The van der Waals surface area contributed by atoms with E-state index < -0.39 is 0 Å². The summed E-state index contributed by atoms with van der Waals surface area (Å²) in [6.45, 7) is 5.51. The summed E-state index contributed by atoms with van der Waals surface area (Å²) in [5.74, 6) is 1.02. The summed E-state index contributed by atoms with van der Waals surface area (Å²) in [5, 5.41) is 6.31. The number of nitrogens with one attached hydrogen (secondary N) is 2. The third-order valence-electron chi connectivity index (χ3n) is 3.36. The van der Waals surface area contributed by atoms with Crippen LogP contribution in [0.1, 0.15) is 46.0 Å². The van der Waals surface area contributed by atoms with E-state index in [1.54, 1.807) is 6.92 Å². The van der Waals surface area contributed by atoms with Crippen molar-refractivity contribution in [1.82, 2.24) is 10.6 Å². The van der Waals surface area contributed by atoms with Crippen molar-refractivity contribution in [2.24, 2.45) is 5.92 Å². The molecule has 1 saturated carbocycles. The van der Waals surface area contributed by atoms with Crippen LogP contribution in [-0.4, -0.2) is 25.0 Å². The molecular formula is C12H24N2O. The Bertz CT molecular complexity index is 186. The molecule has 0 aromatic heterocycles. The van der Waals surface area contributed by atoms with Crippen molar-refractivity contribution in [3.63, 3.8) is 0 Å². The Hall–Kier alpha value is -0.570. The second-order valence-corrected chi connectivity index (χ2v) is 4.56. The van der Waals surface area contributed by atoms with E-state index in [-0.39, 0.29) is 5.91 Å². The van der Waals surface area contributed by atoms with Crippen LogP contribution >= 0.6 is 0 Å². The van der Waals surface area contributed by atoms with E-state index >= 15 is 0 Å². The molecule has 15 heavy (non-hydrogen) atoms. The molecule has 0 saturated heterocycles. The number of hydrogen-bond acceptors (Lipinski definition) is 2. The zero-order valence-corrected chi connectivity index (χ0v) is 10.0. The Morgan fingerprint density at radius 1 is 1.20 bits per heavy atom. The predicted molar refractivity (Wildman–Crippen MR) is 62.7 cm³/mol. The van der Waals surface area contributed by atoms with Gasteiger partial charge in [0.25, 0.3) is 0 Å². The minimum atomic E-state index is 0.0616. The molecule has 88 valence electrons. The molecule has 1 aliphatic rings. The molecular weight excluding hydrogens is 188 g/mol. The van der Waals surface area contributed by atoms with Crippen LogP contribution in [0, 0.1) is 5.92 Å². The fourth-order valence-electron chi connectivity index (χ4n) is 2.29. The van der Waals surface area contributed by atoms with Crippen LogP contribution in [-0.2, 0) is 4.79 Å². The maximum absolute atomic E-state index is 10.6. The summed E-state index contributed by atoms with van der Waals surface area (Å²) in [6.07, 6.45) is 6.68. The van der Waals surface area contributed by atoms with E-state index in [0.717, 1.165) is 19.0 Å². The molecule has 1 aliphatic carbocycles. The van der Waals surface area contributed by atoms with Crippen LogP contribution in [0.25, 0.3) is 0 Å². The summed E-state index contributed by atoms with van der Waals surface area (Å²) in [7, 11) is 0. The molecule has 0 radical (unpaired) electrons. The predicted octanol–water partition coefficient (Wildman–Crippen LogP) is 1.68. The minimum absolute atomic E-state index is 0.0616. The van der Waals surface area contributed by atoms with E-state index in [1.807, 2.05) is 0 Å². The van der Waals surface area contributed by atoms with Crippen LogP contribution < -0.4 is 10.6 Å². The van der Waals surface area contributed by atoms with E-state index in [9.17, 15) is 4.79 Å². The van der Waals surface area contributed by atoms with Gasteiger partial charge in [-0.05, 0) is 31.6 Å². The van der Waals surface area contributed by atoms with Gasteiger partial charge >= 0.3 is 0 Å². The van der Waals surface area contributed by atoms with Crippen molar-refractivity contribution in [1.29, 1.82) is 0 Å². The third kappa shape index (κ3) is 5.17. The Balaban J connectivity index is 2.01. The summed E-state index contributed by atoms with van der Waals surface area (Å²) in [4.78, 5) is 10.6. The lowest BCUT2D eigenvalue weighted by Gasteiger charge is -2.28. The maximum Gasteiger partial charge on any atom is 0.216 e. The van der Waals surface area contributed by atoms with Crippen LogP contribution in [0.2, 0.25) is 0 Å². The van der Waals surface area contributed by atoms with Gasteiger partial charge in [0.15, 0.2) is 0 Å². The van der Waals surface area contributed by atoms with Crippen LogP contribution in [0.4, 0.5) is 0 Å². The summed E-state index contributed by atoms with van der Waals surface area (Å²) < 4.78 is 0. The van der Waals surface area contributed by atoms with E-state index in [0.29, 0.717) is 6.04 Å². The van der Waals surface area contributed by atoms with Crippen molar-refractivity contribution in [3.8, 4) is 0 Å². The first kappa shape index (κ1) is 12.5. The molecule has 0 atom stereocenters. The summed E-state index contributed by atoms with van der Waals surface area (Å²) in [6, 6.07) is 0.682. The number of rotatable bonds is 5. The standard InChI is InChI=1S/C12H24N2O/c1-3-11-4-6-12(7-5-11)14-9-8-13-10(2)15/h11-12,14H,3-9H2,1-2H3,(H,13,15). The molecule has 0 aliphatic heterocycles. The van der Waals surface area contributed by atoms with E-state index in [2.05, 4.69) is 17.6 Å². The average Bonchev–Trinajstić information content (AvgIpc) is 2.25. The first-order valence-electron chi connectivity index (χ1n) is 6.20. The Morgan fingerprint density at radius 3 is 2.40 bits per heavy atom. The third-order valence-corrected chi connectivity index (χ3v) is 3.36. The highest BCUT2D eigenvalue weighted by molar-refractivity contribution is 5.72. The number of carbonyl (C=O) groups is 1. The fourth-order valence-corrected chi connectivity index (χ4v) is 2.29. The van der Waals surface area contributed by atoms with Gasteiger partial charge in [0.2, 0.25) is 5.91 Å². The number of amides is 1. The molecule has 3 heteroatoms. The highest BCUT2D eigenvalue weighted by Crippen LogP contribution is 2.26. The van der Waals surface area contributed by atoms with Crippen molar-refractivity contribution in [2.45, 2.75) is 52.0 Å². The van der Waals surface area contributed by atoms with Crippen LogP contribution in [0.5, 0.6) is 0 Å². The van der Waals surface area contributed by atoms with E-state index in [1.165, 1.54) is 32.1 Å². The Kier molecular flexibility index (Phi) is 5.69. The topological polar surface area (TPSA) is 41.1 Å². The first-order chi connectivity index (χ1) is 7.22. The summed E-state index contributed by atoms with van der Waals surface area (Å²) in [5.41, 5.74) is 0. The van der Waals surface area contributed by atoms with Gasteiger partial charge in [-0.1, -0.05) is 13.3 Å². The zero-order valence-electron chi connectivity index (χ0n) is 10.0. The van der Waals surface area contributed by atoms with Gasteiger partial charge in [-0.2, -0.15) is 0 Å². The average molecular weight is 212 g/mol. The number of hydrogen-bond donors (Lipinski definition) is 2. The van der Waals surface area contributed by atoms with Crippen molar-refractivity contribution in [3.05, 3.63) is 0 Å². The fraction of sp³-hybridized carbons (Fsp3) is 0.917. The minimum Gasteiger partial charge on any atom is -0.355 e. The van der Waals surface area contributed by atoms with Crippen molar-refractivity contribution in [2.75, 3.05) is 13.1 Å². The van der Waals surface area contributed by atoms with Gasteiger partial charge in [-0.3, -0.25) is 4.79 Å². The zero-order chi connectivity index (χ0) is 11.1. The van der Waals surface area contributed by atoms with Crippen molar-refractivity contribution >= 4 is 5.91 Å². The van der Waals surface area contributed by atoms with Crippen LogP contribution in [0.15, 0.2) is 0 Å².